The number of rotatable bonds is 2. The van der Waals surface area contributed by atoms with E-state index in [-0.39, 0.29) is 0 Å². The topological polar surface area (TPSA) is 74.5 Å². The summed E-state index contributed by atoms with van der Waals surface area (Å²) in [7, 11) is 1.83. The Morgan fingerprint density at radius 1 is 1.50 bits per heavy atom. The SMILES string of the molecule is Cn1c(Cl)cnc1Cn1ncc(N)n1. The van der Waals surface area contributed by atoms with Crippen LogP contribution >= 0.6 is 11.6 Å². The first-order valence-electron chi connectivity index (χ1n) is 3.98. The van der Waals surface area contributed by atoms with Crippen molar-refractivity contribution in [3.8, 4) is 0 Å². The molecule has 0 radical (unpaired) electrons. The quantitative estimate of drug-likeness (QED) is 0.777. The van der Waals surface area contributed by atoms with E-state index in [1.54, 1.807) is 10.8 Å². The van der Waals surface area contributed by atoms with Crippen molar-refractivity contribution in [2.75, 3.05) is 5.73 Å². The number of anilines is 1. The number of halogens is 1. The summed E-state index contributed by atoms with van der Waals surface area (Å²) in [5.74, 6) is 1.18. The summed E-state index contributed by atoms with van der Waals surface area (Å²) in [6, 6.07) is 0. The molecule has 0 atom stereocenters. The van der Waals surface area contributed by atoms with Gasteiger partial charge in [-0.25, -0.2) is 4.98 Å². The third-order valence-corrected chi connectivity index (χ3v) is 2.22. The average Bonchev–Trinajstić information content (AvgIpc) is 2.67. The maximum Gasteiger partial charge on any atom is 0.165 e. The lowest BCUT2D eigenvalue weighted by atomic mass is 10.6. The molecular formula is C7H9ClN6. The molecule has 0 aliphatic carbocycles. The van der Waals surface area contributed by atoms with E-state index in [1.807, 2.05) is 7.05 Å². The fourth-order valence-electron chi connectivity index (χ4n) is 1.08. The Morgan fingerprint density at radius 3 is 2.79 bits per heavy atom. The van der Waals surface area contributed by atoms with E-state index in [0.717, 1.165) is 5.82 Å². The first-order chi connectivity index (χ1) is 6.66. The fourth-order valence-corrected chi connectivity index (χ4v) is 1.23. The highest BCUT2D eigenvalue weighted by atomic mass is 35.5. The smallest absolute Gasteiger partial charge is 0.165 e. The van der Waals surface area contributed by atoms with Gasteiger partial charge in [0, 0.05) is 7.05 Å². The van der Waals surface area contributed by atoms with Crippen LogP contribution in [0.2, 0.25) is 5.15 Å². The Labute approximate surface area is 85.3 Å². The van der Waals surface area contributed by atoms with Gasteiger partial charge in [0.25, 0.3) is 0 Å². The van der Waals surface area contributed by atoms with Gasteiger partial charge >= 0.3 is 0 Å². The molecule has 14 heavy (non-hydrogen) atoms. The zero-order valence-corrected chi connectivity index (χ0v) is 8.31. The van der Waals surface area contributed by atoms with Crippen LogP contribution in [-0.2, 0) is 13.6 Å². The lowest BCUT2D eigenvalue weighted by molar-refractivity contribution is 0.559. The van der Waals surface area contributed by atoms with E-state index in [4.69, 9.17) is 17.3 Å². The summed E-state index contributed by atoms with van der Waals surface area (Å²) in [5, 5.41) is 8.47. The molecule has 2 N–H and O–H groups in total. The van der Waals surface area contributed by atoms with Gasteiger partial charge in [0.15, 0.2) is 5.82 Å². The van der Waals surface area contributed by atoms with Crippen LogP contribution in [0.25, 0.3) is 0 Å². The molecule has 2 aromatic heterocycles. The summed E-state index contributed by atoms with van der Waals surface area (Å²) in [6.45, 7) is 0.459. The lowest BCUT2D eigenvalue weighted by Gasteiger charge is -2.00. The van der Waals surface area contributed by atoms with E-state index in [9.17, 15) is 0 Å². The highest BCUT2D eigenvalue weighted by molar-refractivity contribution is 6.29. The van der Waals surface area contributed by atoms with Crippen molar-refractivity contribution in [2.45, 2.75) is 6.54 Å². The number of aromatic nitrogens is 5. The summed E-state index contributed by atoms with van der Waals surface area (Å²) in [6.07, 6.45) is 3.08. The summed E-state index contributed by atoms with van der Waals surface area (Å²) in [4.78, 5) is 5.58. The van der Waals surface area contributed by atoms with Crippen molar-refractivity contribution in [1.29, 1.82) is 0 Å². The number of nitrogen functional groups attached to an aromatic ring is 1. The molecule has 0 aliphatic heterocycles. The first kappa shape index (κ1) is 9.01. The van der Waals surface area contributed by atoms with E-state index in [1.165, 1.54) is 11.0 Å². The third-order valence-electron chi connectivity index (χ3n) is 1.86. The van der Waals surface area contributed by atoms with Crippen LogP contribution in [0.5, 0.6) is 0 Å². The molecule has 6 nitrogen and oxygen atoms in total. The minimum atomic E-state index is 0.394. The summed E-state index contributed by atoms with van der Waals surface area (Å²) >= 11 is 5.83. The van der Waals surface area contributed by atoms with E-state index in [0.29, 0.717) is 17.5 Å². The minimum Gasteiger partial charge on any atom is -0.381 e. The molecule has 7 heteroatoms. The Kier molecular flexibility index (Phi) is 2.12. The summed E-state index contributed by atoms with van der Waals surface area (Å²) in [5.41, 5.74) is 5.43. The van der Waals surface area contributed by atoms with Gasteiger partial charge in [0.05, 0.1) is 12.4 Å². The van der Waals surface area contributed by atoms with Gasteiger partial charge in [-0.3, -0.25) is 0 Å². The van der Waals surface area contributed by atoms with Crippen LogP contribution in [0.4, 0.5) is 5.82 Å². The predicted molar refractivity (Wildman–Crippen MR) is 51.8 cm³/mol. The number of nitrogens with two attached hydrogens (primary N) is 1. The zero-order chi connectivity index (χ0) is 10.1. The number of nitrogens with zero attached hydrogens (tertiary/aromatic N) is 5. The van der Waals surface area contributed by atoms with Crippen LogP contribution in [0, 0.1) is 0 Å². The Balaban J connectivity index is 2.22. The van der Waals surface area contributed by atoms with Crippen molar-refractivity contribution < 1.29 is 0 Å². The molecule has 0 amide bonds. The lowest BCUT2D eigenvalue weighted by Crippen LogP contribution is -2.09. The van der Waals surface area contributed by atoms with Gasteiger partial charge in [0.2, 0.25) is 0 Å². The van der Waals surface area contributed by atoms with Crippen molar-refractivity contribution in [3.05, 3.63) is 23.4 Å². The zero-order valence-electron chi connectivity index (χ0n) is 7.55. The highest BCUT2D eigenvalue weighted by Crippen LogP contribution is 2.09. The molecule has 0 aliphatic rings. The van der Waals surface area contributed by atoms with Crippen LogP contribution in [0.3, 0.4) is 0 Å². The molecule has 74 valence electrons. The predicted octanol–water partition coefficient (Wildman–Crippen LogP) is 0.295. The maximum absolute atomic E-state index is 5.83. The molecule has 0 saturated heterocycles. The third kappa shape index (κ3) is 1.56. The molecule has 2 rings (SSSR count). The molecule has 0 aromatic carbocycles. The van der Waals surface area contributed by atoms with Crippen molar-refractivity contribution >= 4 is 17.4 Å². The van der Waals surface area contributed by atoms with Gasteiger partial charge in [-0.15, -0.1) is 5.10 Å². The van der Waals surface area contributed by atoms with Crippen LogP contribution in [0.15, 0.2) is 12.4 Å². The normalized spacial score (nSPS) is 10.7. The second-order valence-electron chi connectivity index (χ2n) is 2.86. The van der Waals surface area contributed by atoms with E-state index < -0.39 is 0 Å². The minimum absolute atomic E-state index is 0.394. The van der Waals surface area contributed by atoms with E-state index in [2.05, 4.69) is 15.2 Å². The Bertz CT molecular complexity index is 445. The number of hydrogen-bond donors (Lipinski definition) is 1. The van der Waals surface area contributed by atoms with Crippen molar-refractivity contribution in [3.63, 3.8) is 0 Å². The molecule has 0 unspecified atom stereocenters. The first-order valence-corrected chi connectivity index (χ1v) is 4.36. The maximum atomic E-state index is 5.83. The van der Waals surface area contributed by atoms with Crippen LogP contribution in [0.1, 0.15) is 5.82 Å². The molecule has 0 saturated carbocycles. The highest BCUT2D eigenvalue weighted by Gasteiger charge is 2.06. The molecule has 2 heterocycles. The molecule has 2 aromatic rings. The fraction of sp³-hybridized carbons (Fsp3) is 0.286. The van der Waals surface area contributed by atoms with Gasteiger partial charge in [-0.1, -0.05) is 11.6 Å². The largest absolute Gasteiger partial charge is 0.381 e. The van der Waals surface area contributed by atoms with Crippen LogP contribution < -0.4 is 5.73 Å². The molecule has 0 bridgehead atoms. The molecule has 0 fully saturated rings. The molecular weight excluding hydrogens is 204 g/mol. The van der Waals surface area contributed by atoms with E-state index >= 15 is 0 Å². The van der Waals surface area contributed by atoms with Gasteiger partial charge in [-0.2, -0.15) is 9.90 Å². The second kappa shape index (κ2) is 3.30. The van der Waals surface area contributed by atoms with Gasteiger partial charge in [0.1, 0.15) is 17.5 Å². The Hall–Kier alpha value is -1.56. The van der Waals surface area contributed by atoms with Crippen molar-refractivity contribution in [1.82, 2.24) is 24.5 Å². The Morgan fingerprint density at radius 2 is 2.29 bits per heavy atom. The standard InChI is InChI=1S/C7H9ClN6/c1-13-5(8)2-10-7(13)4-14-11-3-6(9)12-14/h2-3H,4H2,1H3,(H2,9,12). The average molecular weight is 213 g/mol. The van der Waals surface area contributed by atoms with Crippen LogP contribution in [-0.4, -0.2) is 24.5 Å². The monoisotopic (exact) mass is 212 g/mol. The van der Waals surface area contributed by atoms with Gasteiger partial charge in [-0.05, 0) is 0 Å². The second-order valence-corrected chi connectivity index (χ2v) is 3.24. The summed E-state index contributed by atoms with van der Waals surface area (Å²) < 4.78 is 1.76. The molecule has 0 spiro atoms. The van der Waals surface area contributed by atoms with Crippen molar-refractivity contribution in [2.24, 2.45) is 7.05 Å². The number of imidazole rings is 1. The number of hydrogen-bond acceptors (Lipinski definition) is 4. The van der Waals surface area contributed by atoms with Gasteiger partial charge < -0.3 is 10.3 Å².